The van der Waals surface area contributed by atoms with Crippen molar-refractivity contribution in [2.75, 3.05) is 24.6 Å². The molecular formula is C23H49NOP+. The molecule has 26 heavy (non-hydrogen) atoms. The van der Waals surface area contributed by atoms with Crippen molar-refractivity contribution in [3.05, 3.63) is 0 Å². The van der Waals surface area contributed by atoms with E-state index in [4.69, 9.17) is 5.73 Å². The average Bonchev–Trinajstić information content (AvgIpc) is 2.63. The topological polar surface area (TPSA) is 43.1 Å². The number of hydrogen-bond donors (Lipinski definition) is 1. The molecule has 1 amide bonds. The Morgan fingerprint density at radius 2 is 0.923 bits per heavy atom. The molecule has 0 fully saturated rings. The Hall–Kier alpha value is -0.100. The third-order valence-corrected chi connectivity index (χ3v) is 10.8. The number of carbonyl (C=O) groups excluding carboxylic acids is 1. The fourth-order valence-corrected chi connectivity index (χ4v) is 9.16. The lowest BCUT2D eigenvalue weighted by Crippen LogP contribution is -2.13. The molecule has 0 heterocycles. The molecule has 0 spiro atoms. The molecule has 0 aromatic carbocycles. The van der Waals surface area contributed by atoms with E-state index in [9.17, 15) is 4.79 Å². The van der Waals surface area contributed by atoms with Crippen molar-refractivity contribution in [1.29, 1.82) is 0 Å². The van der Waals surface area contributed by atoms with Gasteiger partial charge in [-0.2, -0.15) is 0 Å². The molecule has 0 bridgehead atoms. The van der Waals surface area contributed by atoms with Gasteiger partial charge in [-0.05, 0) is 38.5 Å². The second-order valence-electron chi connectivity index (χ2n) is 8.34. The van der Waals surface area contributed by atoms with Crippen LogP contribution >= 0.6 is 7.26 Å². The first kappa shape index (κ1) is 25.9. The third kappa shape index (κ3) is 15.0. The maximum absolute atomic E-state index is 10.7. The van der Waals surface area contributed by atoms with E-state index in [1.807, 2.05) is 0 Å². The van der Waals surface area contributed by atoms with Gasteiger partial charge in [-0.15, -0.1) is 0 Å². The van der Waals surface area contributed by atoms with E-state index < -0.39 is 7.26 Å². The van der Waals surface area contributed by atoms with Gasteiger partial charge in [0, 0.05) is 13.7 Å². The first-order valence-corrected chi connectivity index (χ1v) is 14.3. The SMILES string of the molecule is CCCC[P+](CCCC)(CCCC)CCCCCCCCCCC(N)=O. The summed E-state index contributed by atoms with van der Waals surface area (Å²) in [6.45, 7) is 7.08. The summed E-state index contributed by atoms with van der Waals surface area (Å²) in [6, 6.07) is 0. The number of rotatable bonds is 20. The van der Waals surface area contributed by atoms with Crippen LogP contribution in [0.25, 0.3) is 0 Å². The largest absolute Gasteiger partial charge is 0.370 e. The Balaban J connectivity index is 4.00. The smallest absolute Gasteiger partial charge is 0.217 e. The van der Waals surface area contributed by atoms with E-state index in [1.54, 1.807) is 24.6 Å². The summed E-state index contributed by atoms with van der Waals surface area (Å²) in [5, 5.41) is 0. The van der Waals surface area contributed by atoms with Crippen molar-refractivity contribution in [2.24, 2.45) is 5.73 Å². The van der Waals surface area contributed by atoms with Gasteiger partial charge in [-0.1, -0.05) is 72.1 Å². The normalized spacial score (nSPS) is 11.8. The van der Waals surface area contributed by atoms with Crippen LogP contribution in [-0.4, -0.2) is 30.6 Å². The van der Waals surface area contributed by atoms with Crippen molar-refractivity contribution in [2.45, 2.75) is 117 Å². The van der Waals surface area contributed by atoms with E-state index in [-0.39, 0.29) is 5.91 Å². The van der Waals surface area contributed by atoms with Crippen LogP contribution in [0.4, 0.5) is 0 Å². The van der Waals surface area contributed by atoms with Gasteiger partial charge in [0.05, 0.1) is 24.6 Å². The molecule has 2 nitrogen and oxygen atoms in total. The number of amides is 1. The van der Waals surface area contributed by atoms with E-state index >= 15 is 0 Å². The van der Waals surface area contributed by atoms with Gasteiger partial charge in [0.15, 0.2) is 0 Å². The lowest BCUT2D eigenvalue weighted by molar-refractivity contribution is -0.118. The van der Waals surface area contributed by atoms with Crippen molar-refractivity contribution < 1.29 is 4.79 Å². The molecule has 0 radical (unpaired) electrons. The highest BCUT2D eigenvalue weighted by molar-refractivity contribution is 7.75. The zero-order valence-electron chi connectivity index (χ0n) is 18.4. The van der Waals surface area contributed by atoms with Crippen LogP contribution in [0.15, 0.2) is 0 Å². The molecule has 0 aliphatic heterocycles. The van der Waals surface area contributed by atoms with Crippen molar-refractivity contribution >= 4 is 13.2 Å². The van der Waals surface area contributed by atoms with Crippen LogP contribution in [0.1, 0.15) is 117 Å². The van der Waals surface area contributed by atoms with Crippen LogP contribution in [0, 0.1) is 0 Å². The molecule has 156 valence electrons. The van der Waals surface area contributed by atoms with Crippen molar-refractivity contribution in [1.82, 2.24) is 0 Å². The van der Waals surface area contributed by atoms with Crippen molar-refractivity contribution in [3.8, 4) is 0 Å². The molecule has 0 aromatic rings. The van der Waals surface area contributed by atoms with Gasteiger partial charge >= 0.3 is 0 Å². The van der Waals surface area contributed by atoms with Gasteiger partial charge in [-0.25, -0.2) is 0 Å². The molecule has 0 aliphatic carbocycles. The van der Waals surface area contributed by atoms with Gasteiger partial charge < -0.3 is 5.73 Å². The monoisotopic (exact) mass is 386 g/mol. The minimum Gasteiger partial charge on any atom is -0.370 e. The molecule has 0 atom stereocenters. The van der Waals surface area contributed by atoms with E-state index in [2.05, 4.69) is 20.8 Å². The van der Waals surface area contributed by atoms with Crippen LogP contribution in [0.2, 0.25) is 0 Å². The van der Waals surface area contributed by atoms with Crippen LogP contribution in [-0.2, 0) is 4.79 Å². The highest BCUT2D eigenvalue weighted by Gasteiger charge is 2.34. The van der Waals surface area contributed by atoms with Crippen molar-refractivity contribution in [3.63, 3.8) is 0 Å². The molecule has 2 N–H and O–H groups in total. The first-order chi connectivity index (χ1) is 12.6. The van der Waals surface area contributed by atoms with Crippen LogP contribution in [0.5, 0.6) is 0 Å². The van der Waals surface area contributed by atoms with E-state index in [1.165, 1.54) is 83.5 Å². The fourth-order valence-electron chi connectivity index (χ4n) is 3.96. The maximum atomic E-state index is 10.7. The Morgan fingerprint density at radius 3 is 1.31 bits per heavy atom. The summed E-state index contributed by atoms with van der Waals surface area (Å²) in [6.07, 6.45) is 25.8. The Bertz CT molecular complexity index is 298. The Kier molecular flexibility index (Phi) is 18.2. The van der Waals surface area contributed by atoms with E-state index in [0.717, 1.165) is 6.42 Å². The van der Waals surface area contributed by atoms with Gasteiger partial charge in [0.2, 0.25) is 5.91 Å². The number of unbranched alkanes of at least 4 members (excludes halogenated alkanes) is 10. The number of primary amides is 1. The second kappa shape index (κ2) is 18.3. The quantitative estimate of drug-likeness (QED) is 0.172. The zero-order valence-corrected chi connectivity index (χ0v) is 19.3. The third-order valence-electron chi connectivity index (χ3n) is 5.76. The van der Waals surface area contributed by atoms with Gasteiger partial charge in [-0.3, -0.25) is 4.79 Å². The molecule has 3 heteroatoms. The predicted molar refractivity (Wildman–Crippen MR) is 122 cm³/mol. The summed E-state index contributed by atoms with van der Waals surface area (Å²) in [5.74, 6) is -0.147. The maximum Gasteiger partial charge on any atom is 0.217 e. The summed E-state index contributed by atoms with van der Waals surface area (Å²) >= 11 is 0. The minimum absolute atomic E-state index is 0.147. The minimum atomic E-state index is -0.669. The summed E-state index contributed by atoms with van der Waals surface area (Å²) < 4.78 is 0. The highest BCUT2D eigenvalue weighted by Crippen LogP contribution is 2.61. The van der Waals surface area contributed by atoms with Crippen LogP contribution < -0.4 is 5.73 Å². The lowest BCUT2D eigenvalue weighted by Gasteiger charge is -2.28. The Morgan fingerprint density at radius 1 is 0.577 bits per heavy atom. The van der Waals surface area contributed by atoms with E-state index in [0.29, 0.717) is 6.42 Å². The zero-order chi connectivity index (χ0) is 19.5. The first-order valence-electron chi connectivity index (χ1n) is 11.7. The molecule has 0 aliphatic rings. The predicted octanol–water partition coefficient (Wildman–Crippen LogP) is 7.40. The molecule has 0 saturated heterocycles. The molecule has 0 unspecified atom stereocenters. The standard InChI is InChI=1S/C23H48NOP/c1-4-7-19-26(20-8-5-2,21-9-6-3)22-17-15-13-11-10-12-14-16-18-23(24)25/h4-22H2,1-3H3,(H-,24,25)/p+1. The number of nitrogens with two attached hydrogens (primary N) is 1. The summed E-state index contributed by atoms with van der Waals surface area (Å²) in [7, 11) is -0.669. The molecule has 0 saturated carbocycles. The summed E-state index contributed by atoms with van der Waals surface area (Å²) in [4.78, 5) is 10.7. The molecule has 0 rings (SSSR count). The average molecular weight is 387 g/mol. The van der Waals surface area contributed by atoms with Gasteiger partial charge in [0.25, 0.3) is 0 Å². The Labute approximate surface area is 165 Å². The molecular weight excluding hydrogens is 337 g/mol. The summed E-state index contributed by atoms with van der Waals surface area (Å²) in [5.41, 5.74) is 5.18. The number of carbonyl (C=O) groups is 1. The number of hydrogen-bond acceptors (Lipinski definition) is 1. The molecule has 0 aromatic heterocycles. The second-order valence-corrected chi connectivity index (χ2v) is 12.8. The lowest BCUT2D eigenvalue weighted by atomic mass is 10.1. The van der Waals surface area contributed by atoms with Crippen LogP contribution in [0.3, 0.4) is 0 Å². The van der Waals surface area contributed by atoms with Gasteiger partial charge in [0.1, 0.15) is 0 Å². The fraction of sp³-hybridized carbons (Fsp3) is 0.957. The highest BCUT2D eigenvalue weighted by atomic mass is 31.2.